The molecule has 80 valence electrons. The van der Waals surface area contributed by atoms with Gasteiger partial charge in [-0.3, -0.25) is 0 Å². The second kappa shape index (κ2) is 3.86. The SMILES string of the molecule is Cc1noc(C)c1-c1cnc(CCN)o1. The van der Waals surface area contributed by atoms with Crippen molar-refractivity contribution in [2.45, 2.75) is 20.3 Å². The Morgan fingerprint density at radius 2 is 2.20 bits per heavy atom. The van der Waals surface area contributed by atoms with Crippen molar-refractivity contribution in [2.24, 2.45) is 5.73 Å². The van der Waals surface area contributed by atoms with Gasteiger partial charge in [0.25, 0.3) is 0 Å². The molecule has 0 fully saturated rings. The minimum atomic E-state index is 0.529. The summed E-state index contributed by atoms with van der Waals surface area (Å²) in [4.78, 5) is 4.13. The van der Waals surface area contributed by atoms with Crippen LogP contribution in [0.2, 0.25) is 0 Å². The zero-order chi connectivity index (χ0) is 10.8. The van der Waals surface area contributed by atoms with Gasteiger partial charge in [-0.05, 0) is 13.8 Å². The number of hydrogen-bond donors (Lipinski definition) is 1. The number of aryl methyl sites for hydroxylation is 2. The summed E-state index contributed by atoms with van der Waals surface area (Å²) in [6.45, 7) is 4.25. The third-order valence-corrected chi connectivity index (χ3v) is 2.19. The summed E-state index contributed by atoms with van der Waals surface area (Å²) in [6.07, 6.45) is 2.32. The molecule has 2 heterocycles. The van der Waals surface area contributed by atoms with Gasteiger partial charge in [-0.2, -0.15) is 0 Å². The highest BCUT2D eigenvalue weighted by Crippen LogP contribution is 2.27. The molecule has 2 aromatic rings. The van der Waals surface area contributed by atoms with E-state index < -0.39 is 0 Å². The Labute approximate surface area is 87.3 Å². The molecule has 15 heavy (non-hydrogen) atoms. The summed E-state index contributed by atoms with van der Waals surface area (Å²) < 4.78 is 10.6. The van der Waals surface area contributed by atoms with E-state index >= 15 is 0 Å². The Bertz CT molecular complexity index is 439. The van der Waals surface area contributed by atoms with Crippen LogP contribution in [-0.4, -0.2) is 16.7 Å². The van der Waals surface area contributed by atoms with Crippen molar-refractivity contribution in [3.63, 3.8) is 0 Å². The molecule has 2 N–H and O–H groups in total. The molecule has 2 aromatic heterocycles. The van der Waals surface area contributed by atoms with Crippen molar-refractivity contribution in [1.82, 2.24) is 10.1 Å². The molecule has 0 atom stereocenters. The van der Waals surface area contributed by atoms with E-state index in [-0.39, 0.29) is 0 Å². The lowest BCUT2D eigenvalue weighted by molar-refractivity contribution is 0.393. The zero-order valence-corrected chi connectivity index (χ0v) is 8.78. The first-order valence-electron chi connectivity index (χ1n) is 4.80. The van der Waals surface area contributed by atoms with Gasteiger partial charge in [0, 0.05) is 13.0 Å². The van der Waals surface area contributed by atoms with Crippen LogP contribution in [0.5, 0.6) is 0 Å². The van der Waals surface area contributed by atoms with E-state index in [0.717, 1.165) is 17.0 Å². The van der Waals surface area contributed by atoms with E-state index in [2.05, 4.69) is 10.1 Å². The molecule has 0 aliphatic rings. The Hall–Kier alpha value is -1.62. The molecule has 2 rings (SSSR count). The van der Waals surface area contributed by atoms with Gasteiger partial charge in [-0.1, -0.05) is 5.16 Å². The Morgan fingerprint density at radius 3 is 2.80 bits per heavy atom. The number of rotatable bonds is 3. The van der Waals surface area contributed by atoms with E-state index in [4.69, 9.17) is 14.7 Å². The van der Waals surface area contributed by atoms with Crippen LogP contribution in [0.4, 0.5) is 0 Å². The summed E-state index contributed by atoms with van der Waals surface area (Å²) in [5.41, 5.74) is 7.11. The average molecular weight is 207 g/mol. The molecule has 0 unspecified atom stereocenters. The predicted molar refractivity (Wildman–Crippen MR) is 54.2 cm³/mol. The van der Waals surface area contributed by atoms with Crippen LogP contribution < -0.4 is 5.73 Å². The van der Waals surface area contributed by atoms with Gasteiger partial charge in [0.2, 0.25) is 0 Å². The van der Waals surface area contributed by atoms with Crippen molar-refractivity contribution in [1.29, 1.82) is 0 Å². The van der Waals surface area contributed by atoms with Crippen molar-refractivity contribution in [3.8, 4) is 11.3 Å². The maximum Gasteiger partial charge on any atom is 0.196 e. The second-order valence-electron chi connectivity index (χ2n) is 3.36. The van der Waals surface area contributed by atoms with Gasteiger partial charge < -0.3 is 14.7 Å². The van der Waals surface area contributed by atoms with Crippen LogP contribution >= 0.6 is 0 Å². The molecule has 5 heteroatoms. The maximum absolute atomic E-state index is 5.54. The molecule has 0 bridgehead atoms. The van der Waals surface area contributed by atoms with Crippen LogP contribution in [0.15, 0.2) is 15.1 Å². The molecule has 0 aliphatic carbocycles. The smallest absolute Gasteiger partial charge is 0.196 e. The lowest BCUT2D eigenvalue weighted by Gasteiger charge is -1.93. The quantitative estimate of drug-likeness (QED) is 0.824. The zero-order valence-electron chi connectivity index (χ0n) is 8.78. The Morgan fingerprint density at radius 1 is 1.40 bits per heavy atom. The van der Waals surface area contributed by atoms with E-state index in [1.165, 1.54) is 0 Å². The van der Waals surface area contributed by atoms with Gasteiger partial charge >= 0.3 is 0 Å². The standard InChI is InChI=1S/C10H13N3O2/c1-6-10(7(2)15-13-6)8-5-12-9(14-8)3-4-11/h5H,3-4,11H2,1-2H3. The van der Waals surface area contributed by atoms with E-state index in [1.807, 2.05) is 13.8 Å². The highest BCUT2D eigenvalue weighted by atomic mass is 16.5. The van der Waals surface area contributed by atoms with Gasteiger partial charge in [-0.15, -0.1) is 0 Å². The van der Waals surface area contributed by atoms with Crippen molar-refractivity contribution in [3.05, 3.63) is 23.5 Å². The van der Waals surface area contributed by atoms with Crippen LogP contribution in [0.3, 0.4) is 0 Å². The highest BCUT2D eigenvalue weighted by molar-refractivity contribution is 5.61. The number of hydrogen-bond acceptors (Lipinski definition) is 5. The van der Waals surface area contributed by atoms with Crippen molar-refractivity contribution >= 4 is 0 Å². The van der Waals surface area contributed by atoms with Gasteiger partial charge in [0.05, 0.1) is 17.5 Å². The van der Waals surface area contributed by atoms with Crippen LogP contribution in [0.1, 0.15) is 17.3 Å². The molecular weight excluding hydrogens is 194 g/mol. The van der Waals surface area contributed by atoms with Gasteiger partial charge in [0.1, 0.15) is 5.76 Å². The van der Waals surface area contributed by atoms with Gasteiger partial charge in [-0.25, -0.2) is 4.98 Å². The first-order valence-corrected chi connectivity index (χ1v) is 4.80. The summed E-state index contributed by atoms with van der Waals surface area (Å²) in [5, 5.41) is 3.86. The van der Waals surface area contributed by atoms with E-state index in [9.17, 15) is 0 Å². The lowest BCUT2D eigenvalue weighted by Crippen LogP contribution is -2.02. The minimum Gasteiger partial charge on any atom is -0.440 e. The topological polar surface area (TPSA) is 78.1 Å². The predicted octanol–water partition coefficient (Wildman–Crippen LogP) is 1.45. The Kier molecular flexibility index (Phi) is 2.55. The molecule has 0 amide bonds. The Balaban J connectivity index is 2.37. The molecule has 0 radical (unpaired) electrons. The molecule has 0 spiro atoms. The van der Waals surface area contributed by atoms with Crippen molar-refractivity contribution < 1.29 is 8.94 Å². The normalized spacial score (nSPS) is 10.9. The van der Waals surface area contributed by atoms with Gasteiger partial charge in [0.15, 0.2) is 11.7 Å². The van der Waals surface area contributed by atoms with Crippen LogP contribution in [0, 0.1) is 13.8 Å². The van der Waals surface area contributed by atoms with E-state index in [0.29, 0.717) is 24.6 Å². The number of aromatic nitrogens is 2. The molecular formula is C10H13N3O2. The fourth-order valence-electron chi connectivity index (χ4n) is 1.50. The van der Waals surface area contributed by atoms with Crippen LogP contribution in [0.25, 0.3) is 11.3 Å². The number of nitrogens with two attached hydrogens (primary N) is 1. The maximum atomic E-state index is 5.54. The van der Waals surface area contributed by atoms with E-state index in [1.54, 1.807) is 6.20 Å². The molecule has 5 nitrogen and oxygen atoms in total. The van der Waals surface area contributed by atoms with Crippen molar-refractivity contribution in [2.75, 3.05) is 6.54 Å². The molecule has 0 aliphatic heterocycles. The third kappa shape index (κ3) is 1.78. The average Bonchev–Trinajstić information content (AvgIpc) is 2.75. The summed E-state index contributed by atoms with van der Waals surface area (Å²) in [5.74, 6) is 2.07. The summed E-state index contributed by atoms with van der Waals surface area (Å²) in [7, 11) is 0. The summed E-state index contributed by atoms with van der Waals surface area (Å²) >= 11 is 0. The second-order valence-corrected chi connectivity index (χ2v) is 3.36. The number of oxazole rings is 1. The highest BCUT2D eigenvalue weighted by Gasteiger charge is 2.15. The van der Waals surface area contributed by atoms with Crippen LogP contribution in [-0.2, 0) is 6.42 Å². The monoisotopic (exact) mass is 207 g/mol. The molecule has 0 saturated heterocycles. The first-order chi connectivity index (χ1) is 7.22. The summed E-state index contributed by atoms with van der Waals surface area (Å²) in [6, 6.07) is 0. The fourth-order valence-corrected chi connectivity index (χ4v) is 1.50. The largest absolute Gasteiger partial charge is 0.440 e. The molecule has 0 aromatic carbocycles. The fraction of sp³-hybridized carbons (Fsp3) is 0.400. The number of nitrogens with zero attached hydrogens (tertiary/aromatic N) is 2. The first kappa shape index (κ1) is 9.92. The molecule has 0 saturated carbocycles. The lowest BCUT2D eigenvalue weighted by atomic mass is 10.2. The minimum absolute atomic E-state index is 0.529. The third-order valence-electron chi connectivity index (χ3n) is 2.19.